The first-order valence-electron chi connectivity index (χ1n) is 13.2. The van der Waals surface area contributed by atoms with Crippen LogP contribution in [0.5, 0.6) is 0 Å². The number of nitrogen functional groups attached to an aromatic ring is 1. The quantitative estimate of drug-likeness (QED) is 0.145. The molecular weight excluding hydrogens is 483 g/mol. The van der Waals surface area contributed by atoms with Crippen LogP contribution in [0.4, 0.5) is 10.1 Å². The van der Waals surface area contributed by atoms with Crippen LogP contribution in [0.2, 0.25) is 0 Å². The molecule has 5 heteroatoms. The number of nitrogens with two attached hydrogens (primary N) is 1. The molecule has 1 aliphatic rings. The number of aromatic amines is 1. The zero-order valence-corrected chi connectivity index (χ0v) is 22.5. The second-order valence-corrected chi connectivity index (χ2v) is 9.66. The molecule has 3 N–H and O–H groups in total. The van der Waals surface area contributed by atoms with Gasteiger partial charge in [-0.2, -0.15) is 0 Å². The average molecular weight is 519 g/mol. The predicted octanol–water partition coefficient (Wildman–Crippen LogP) is 7.40. The monoisotopic (exact) mass is 518 g/mol. The lowest BCUT2D eigenvalue weighted by Crippen LogP contribution is -2.21. The number of halogens is 1. The van der Waals surface area contributed by atoms with Gasteiger partial charge in [-0.15, -0.1) is 12.8 Å². The van der Waals surface area contributed by atoms with E-state index < -0.39 is 0 Å². The number of allylic oxidation sites excluding steroid dienone is 3. The maximum absolute atomic E-state index is 13.4. The van der Waals surface area contributed by atoms with E-state index >= 15 is 0 Å². The molecule has 39 heavy (non-hydrogen) atoms. The van der Waals surface area contributed by atoms with Crippen molar-refractivity contribution in [3.8, 4) is 24.1 Å². The van der Waals surface area contributed by atoms with Crippen molar-refractivity contribution >= 4 is 22.2 Å². The molecule has 198 valence electrons. The van der Waals surface area contributed by atoms with Crippen LogP contribution in [-0.2, 0) is 6.42 Å². The largest absolute Gasteiger partial charge is 0.398 e. The van der Waals surface area contributed by atoms with E-state index in [0.717, 1.165) is 69.9 Å². The Morgan fingerprint density at radius 2 is 1.85 bits per heavy atom. The first kappa shape index (κ1) is 27.6. The zero-order valence-electron chi connectivity index (χ0n) is 22.5. The number of fused-ring (bicyclic) bond motifs is 1. The minimum atomic E-state index is -0.257. The van der Waals surface area contributed by atoms with Gasteiger partial charge in [0.2, 0.25) is 0 Å². The highest BCUT2D eigenvalue weighted by molar-refractivity contribution is 5.93. The summed E-state index contributed by atoms with van der Waals surface area (Å²) in [5.74, 6) is -0.257. The van der Waals surface area contributed by atoms with E-state index in [2.05, 4.69) is 71.6 Å². The first-order chi connectivity index (χ1) is 19.0. The highest BCUT2D eigenvalue weighted by Gasteiger charge is 2.14. The third-order valence-electron chi connectivity index (χ3n) is 7.10. The lowest BCUT2D eigenvalue weighted by molar-refractivity contribution is 0.371. The Bertz CT molecular complexity index is 1520. The number of benzene rings is 2. The predicted molar refractivity (Wildman–Crippen MR) is 163 cm³/mol. The summed E-state index contributed by atoms with van der Waals surface area (Å²) < 4.78 is 13.4. The third-order valence-corrected chi connectivity index (χ3v) is 7.10. The molecule has 1 fully saturated rings. The summed E-state index contributed by atoms with van der Waals surface area (Å²) in [7, 11) is 0. The number of nitrogens with one attached hydrogen (secondary N) is 1. The number of hydrogen-bond donors (Lipinski definition) is 2. The minimum absolute atomic E-state index is 0.257. The molecule has 5 rings (SSSR count). The van der Waals surface area contributed by atoms with E-state index in [1.807, 2.05) is 18.2 Å². The molecule has 0 amide bonds. The molecule has 0 atom stereocenters. The number of likely N-dealkylation sites (tertiary alicyclic amines) is 1. The summed E-state index contributed by atoms with van der Waals surface area (Å²) in [4.78, 5) is 10.6. The summed E-state index contributed by atoms with van der Waals surface area (Å²) in [6.45, 7) is 9.37. The zero-order chi connectivity index (χ0) is 27.8. The summed E-state index contributed by atoms with van der Waals surface area (Å²) in [6, 6.07) is 16.8. The van der Waals surface area contributed by atoms with Gasteiger partial charge in [0, 0.05) is 47.0 Å². The molecule has 1 aliphatic heterocycles. The summed E-state index contributed by atoms with van der Waals surface area (Å²) in [6.07, 6.45) is 19.4. The minimum Gasteiger partial charge on any atom is -0.398 e. The number of hydrogen-bond acceptors (Lipinski definition) is 3. The van der Waals surface area contributed by atoms with Crippen LogP contribution >= 0.6 is 0 Å². The number of aromatic nitrogens is 2. The number of pyridine rings is 1. The molecule has 0 spiro atoms. The lowest BCUT2D eigenvalue weighted by atomic mass is 9.97. The molecule has 4 nitrogen and oxygen atoms in total. The maximum Gasteiger partial charge on any atom is 0.123 e. The van der Waals surface area contributed by atoms with Gasteiger partial charge >= 0.3 is 0 Å². The number of terminal acetylenes is 1. The van der Waals surface area contributed by atoms with Crippen molar-refractivity contribution in [2.75, 3.05) is 25.4 Å². The van der Waals surface area contributed by atoms with E-state index in [1.165, 1.54) is 30.5 Å². The van der Waals surface area contributed by atoms with Crippen LogP contribution in [0, 0.1) is 18.7 Å². The third kappa shape index (κ3) is 6.54. The smallest absolute Gasteiger partial charge is 0.123 e. The second-order valence-electron chi connectivity index (χ2n) is 9.66. The van der Waals surface area contributed by atoms with Gasteiger partial charge in [-0.3, -0.25) is 9.88 Å². The van der Waals surface area contributed by atoms with E-state index in [0.29, 0.717) is 6.42 Å². The normalized spacial score (nSPS) is 14.3. The highest BCUT2D eigenvalue weighted by Crippen LogP contribution is 2.30. The molecule has 0 unspecified atom stereocenters. The molecule has 1 saturated heterocycles. The van der Waals surface area contributed by atoms with Crippen molar-refractivity contribution in [1.29, 1.82) is 0 Å². The van der Waals surface area contributed by atoms with Crippen LogP contribution < -0.4 is 5.73 Å². The van der Waals surface area contributed by atoms with Crippen LogP contribution in [0.15, 0.2) is 91.2 Å². The number of anilines is 1. The van der Waals surface area contributed by atoms with Gasteiger partial charge in [0.1, 0.15) is 5.82 Å². The fourth-order valence-corrected chi connectivity index (χ4v) is 5.09. The van der Waals surface area contributed by atoms with Crippen molar-refractivity contribution in [3.63, 3.8) is 0 Å². The molecule has 0 radical (unpaired) electrons. The SMILES string of the molecule is C#C.C=C/C(=C\C(=C/C)c1ccc(N)c(Cc2cc3c(-c4ccc(F)cc4)nccc3[nH]2)c1)CN1CCCC1. The Balaban J connectivity index is 0.00000172. The topological polar surface area (TPSA) is 57.9 Å². The van der Waals surface area contributed by atoms with Gasteiger partial charge in [0.05, 0.1) is 5.69 Å². The van der Waals surface area contributed by atoms with E-state index in [-0.39, 0.29) is 5.82 Å². The van der Waals surface area contributed by atoms with E-state index in [4.69, 9.17) is 5.73 Å². The standard InChI is InChI=1S/C32H33FN4.C2H2/c1-3-22(21-37-15-5-6-16-37)17-23(4-2)25-9-12-30(34)26(18-25)19-28-20-29-31(36-28)13-14-35-32(29)24-7-10-27(33)11-8-24;1-2/h3-4,7-14,17-18,20,36H,1,5-6,15-16,19,21,34H2,2H3;1-2H/b22-17+,23-4+;. The maximum atomic E-state index is 13.4. The van der Waals surface area contributed by atoms with Crippen LogP contribution in [0.3, 0.4) is 0 Å². The molecule has 4 aromatic rings. The Morgan fingerprint density at radius 3 is 2.54 bits per heavy atom. The molecule has 3 heterocycles. The molecular formula is C34H35FN4. The fourth-order valence-electron chi connectivity index (χ4n) is 5.09. The van der Waals surface area contributed by atoms with Gasteiger partial charge in [-0.1, -0.05) is 30.9 Å². The van der Waals surface area contributed by atoms with Crippen molar-refractivity contribution in [3.05, 3.63) is 114 Å². The van der Waals surface area contributed by atoms with E-state index in [1.54, 1.807) is 18.3 Å². The van der Waals surface area contributed by atoms with Gasteiger partial charge in [-0.25, -0.2) is 4.39 Å². The highest BCUT2D eigenvalue weighted by atomic mass is 19.1. The fraction of sp³-hybridized carbons (Fsp3) is 0.206. The van der Waals surface area contributed by atoms with Crippen LogP contribution in [-0.4, -0.2) is 34.5 Å². The van der Waals surface area contributed by atoms with Gasteiger partial charge < -0.3 is 10.7 Å². The number of nitrogens with zero attached hydrogens (tertiary/aromatic N) is 2. The number of H-pyrrole nitrogens is 1. The average Bonchev–Trinajstić information content (AvgIpc) is 3.63. The Morgan fingerprint density at radius 1 is 1.10 bits per heavy atom. The Labute approximate surface area is 230 Å². The molecule has 0 saturated carbocycles. The van der Waals surface area contributed by atoms with Crippen LogP contribution in [0.25, 0.3) is 27.7 Å². The van der Waals surface area contributed by atoms with E-state index in [9.17, 15) is 4.39 Å². The molecule has 0 bridgehead atoms. The van der Waals surface area contributed by atoms with Crippen molar-refractivity contribution < 1.29 is 4.39 Å². The molecule has 2 aromatic carbocycles. The summed E-state index contributed by atoms with van der Waals surface area (Å²) in [5, 5.41) is 1.01. The van der Waals surface area contributed by atoms with Gasteiger partial charge in [0.15, 0.2) is 0 Å². The Kier molecular flexibility index (Phi) is 9.14. The van der Waals surface area contributed by atoms with Crippen molar-refractivity contribution in [2.24, 2.45) is 0 Å². The van der Waals surface area contributed by atoms with Gasteiger partial charge in [-0.05, 0) is 104 Å². The van der Waals surface area contributed by atoms with Gasteiger partial charge in [0.25, 0.3) is 0 Å². The van der Waals surface area contributed by atoms with Crippen LogP contribution in [0.1, 0.15) is 36.6 Å². The summed E-state index contributed by atoms with van der Waals surface area (Å²) in [5.41, 5.74) is 15.5. The second kappa shape index (κ2) is 12.9. The van der Waals surface area contributed by atoms with Crippen molar-refractivity contribution in [1.82, 2.24) is 14.9 Å². The Hall–Kier alpha value is -4.40. The molecule has 2 aromatic heterocycles. The summed E-state index contributed by atoms with van der Waals surface area (Å²) >= 11 is 0. The van der Waals surface area contributed by atoms with Crippen molar-refractivity contribution in [2.45, 2.75) is 26.2 Å². The first-order valence-corrected chi connectivity index (χ1v) is 13.2. The molecule has 0 aliphatic carbocycles. The number of rotatable bonds is 8. The lowest BCUT2D eigenvalue weighted by Gasteiger charge is -2.16.